The summed E-state index contributed by atoms with van der Waals surface area (Å²) in [6.07, 6.45) is 0.895. The van der Waals surface area contributed by atoms with Crippen LogP contribution in [0.3, 0.4) is 0 Å². The molecule has 2 amide bonds. The van der Waals surface area contributed by atoms with Crippen molar-refractivity contribution < 1.29 is 14.5 Å². The number of carbonyl (C=O) groups is 2. The molecule has 31 heavy (non-hydrogen) atoms. The topological polar surface area (TPSA) is 122 Å². The number of hydrogen-bond acceptors (Lipinski definition) is 7. The Kier molecular flexibility index (Phi) is 7.11. The van der Waals surface area contributed by atoms with Crippen molar-refractivity contribution in [3.8, 4) is 0 Å². The molecule has 2 aromatic rings. The van der Waals surface area contributed by atoms with Gasteiger partial charge in [-0.15, -0.1) is 10.2 Å². The van der Waals surface area contributed by atoms with E-state index in [2.05, 4.69) is 29.4 Å². The molecule has 164 valence electrons. The van der Waals surface area contributed by atoms with Gasteiger partial charge in [-0.25, -0.2) is 0 Å². The summed E-state index contributed by atoms with van der Waals surface area (Å²) >= 11 is 0. The Morgan fingerprint density at radius 1 is 1.10 bits per heavy atom. The van der Waals surface area contributed by atoms with E-state index in [0.29, 0.717) is 44.5 Å². The fourth-order valence-corrected chi connectivity index (χ4v) is 3.30. The van der Waals surface area contributed by atoms with Gasteiger partial charge in [0.25, 0.3) is 17.5 Å². The van der Waals surface area contributed by atoms with Gasteiger partial charge in [0.15, 0.2) is 11.5 Å². The van der Waals surface area contributed by atoms with Crippen LogP contribution in [0.25, 0.3) is 0 Å². The summed E-state index contributed by atoms with van der Waals surface area (Å²) in [7, 11) is 0. The highest BCUT2D eigenvalue weighted by atomic mass is 16.6. The number of amides is 2. The second-order valence-electron chi connectivity index (χ2n) is 7.77. The molecular weight excluding hydrogens is 400 g/mol. The summed E-state index contributed by atoms with van der Waals surface area (Å²) < 4.78 is 0. The molecule has 1 N–H and O–H groups in total. The van der Waals surface area contributed by atoms with Gasteiger partial charge < -0.3 is 15.1 Å². The molecule has 0 atom stereocenters. The zero-order valence-corrected chi connectivity index (χ0v) is 17.7. The van der Waals surface area contributed by atoms with Crippen molar-refractivity contribution in [1.29, 1.82) is 0 Å². The van der Waals surface area contributed by atoms with Gasteiger partial charge in [-0.05, 0) is 30.5 Å². The molecule has 1 aliphatic rings. The van der Waals surface area contributed by atoms with Gasteiger partial charge in [0.2, 0.25) is 0 Å². The number of nitro groups is 1. The quantitative estimate of drug-likeness (QED) is 0.531. The molecule has 0 unspecified atom stereocenters. The van der Waals surface area contributed by atoms with E-state index in [-0.39, 0.29) is 28.8 Å². The number of piperazine rings is 1. The van der Waals surface area contributed by atoms with Crippen molar-refractivity contribution in [3.63, 3.8) is 0 Å². The first-order valence-corrected chi connectivity index (χ1v) is 10.3. The molecular formula is C21H26N6O4. The van der Waals surface area contributed by atoms with E-state index in [9.17, 15) is 19.7 Å². The Hall–Kier alpha value is -3.56. The third-order valence-corrected chi connectivity index (χ3v) is 5.11. The lowest BCUT2D eigenvalue weighted by Gasteiger charge is -2.35. The second kappa shape index (κ2) is 9.96. The number of nitrogens with zero attached hydrogens (tertiary/aromatic N) is 5. The molecule has 1 saturated heterocycles. The zero-order chi connectivity index (χ0) is 22.4. The second-order valence-corrected chi connectivity index (χ2v) is 7.77. The molecule has 3 rings (SSSR count). The van der Waals surface area contributed by atoms with Crippen molar-refractivity contribution in [1.82, 2.24) is 20.4 Å². The molecule has 0 bridgehead atoms. The monoisotopic (exact) mass is 426 g/mol. The van der Waals surface area contributed by atoms with Crippen molar-refractivity contribution in [2.24, 2.45) is 5.92 Å². The summed E-state index contributed by atoms with van der Waals surface area (Å²) in [4.78, 5) is 39.1. The standard InChI is InChI=1S/C21H26N6O4/c1-15(2)9-10-22-20(28)17-7-8-19(24-23-17)25-11-13-26(14-12-25)21(29)16-5-3-4-6-18(16)27(30)31/h3-8,15H,9-14H2,1-2H3,(H,22,28). The number of anilines is 1. The summed E-state index contributed by atoms with van der Waals surface area (Å²) in [5.74, 6) is 0.523. The first-order chi connectivity index (χ1) is 14.9. The first-order valence-electron chi connectivity index (χ1n) is 10.3. The number of hydrogen-bond donors (Lipinski definition) is 1. The molecule has 0 spiro atoms. The van der Waals surface area contributed by atoms with Gasteiger partial charge >= 0.3 is 0 Å². The van der Waals surface area contributed by atoms with Crippen LogP contribution in [-0.2, 0) is 0 Å². The molecule has 2 heterocycles. The summed E-state index contributed by atoms with van der Waals surface area (Å²) in [5.41, 5.74) is 0.161. The molecule has 10 heteroatoms. The number of benzene rings is 1. The van der Waals surface area contributed by atoms with Crippen LogP contribution in [0.4, 0.5) is 11.5 Å². The molecule has 1 aromatic heterocycles. The lowest BCUT2D eigenvalue weighted by atomic mass is 10.1. The lowest BCUT2D eigenvalue weighted by Crippen LogP contribution is -2.49. The maximum Gasteiger partial charge on any atom is 0.282 e. The SMILES string of the molecule is CC(C)CCNC(=O)c1ccc(N2CCN(C(=O)c3ccccc3[N+](=O)[O-])CC2)nn1. The van der Waals surface area contributed by atoms with Crippen LogP contribution in [0.5, 0.6) is 0 Å². The third kappa shape index (κ3) is 5.53. The molecule has 1 aromatic carbocycles. The van der Waals surface area contributed by atoms with E-state index in [0.717, 1.165) is 6.42 Å². The maximum atomic E-state index is 12.7. The minimum atomic E-state index is -0.542. The first kappa shape index (κ1) is 22.1. The Morgan fingerprint density at radius 2 is 1.81 bits per heavy atom. The smallest absolute Gasteiger partial charge is 0.282 e. The summed E-state index contributed by atoms with van der Waals surface area (Å²) in [6.45, 7) is 6.62. The average molecular weight is 426 g/mol. The van der Waals surface area contributed by atoms with Gasteiger partial charge in [0.05, 0.1) is 4.92 Å². The lowest BCUT2D eigenvalue weighted by molar-refractivity contribution is -0.385. The van der Waals surface area contributed by atoms with E-state index in [4.69, 9.17) is 0 Å². The Balaban J connectivity index is 1.57. The Labute approximate surface area is 180 Å². The van der Waals surface area contributed by atoms with Gasteiger partial charge in [-0.2, -0.15) is 0 Å². The van der Waals surface area contributed by atoms with Crippen LogP contribution in [0.15, 0.2) is 36.4 Å². The Morgan fingerprint density at radius 3 is 2.42 bits per heavy atom. The van der Waals surface area contributed by atoms with Crippen molar-refractivity contribution in [2.45, 2.75) is 20.3 Å². The fourth-order valence-electron chi connectivity index (χ4n) is 3.30. The minimum Gasteiger partial charge on any atom is -0.352 e. The number of carbonyl (C=O) groups excluding carboxylic acids is 2. The molecule has 0 saturated carbocycles. The summed E-state index contributed by atoms with van der Waals surface area (Å²) in [6, 6.07) is 9.34. The van der Waals surface area contributed by atoms with E-state index < -0.39 is 4.92 Å². The number of rotatable bonds is 7. The van der Waals surface area contributed by atoms with Gasteiger partial charge in [-0.3, -0.25) is 19.7 Å². The van der Waals surface area contributed by atoms with Crippen LogP contribution in [0.2, 0.25) is 0 Å². The van der Waals surface area contributed by atoms with E-state index in [1.54, 1.807) is 29.2 Å². The molecule has 0 radical (unpaired) electrons. The van der Waals surface area contributed by atoms with Crippen molar-refractivity contribution in [2.75, 3.05) is 37.6 Å². The van der Waals surface area contributed by atoms with Gasteiger partial charge in [-0.1, -0.05) is 26.0 Å². The Bertz CT molecular complexity index is 939. The van der Waals surface area contributed by atoms with Crippen LogP contribution in [-0.4, -0.2) is 64.6 Å². The number of nitro benzene ring substituents is 1. The molecule has 1 aliphatic heterocycles. The van der Waals surface area contributed by atoms with E-state index >= 15 is 0 Å². The summed E-state index contributed by atoms with van der Waals surface area (Å²) in [5, 5.41) is 22.2. The van der Waals surface area contributed by atoms with Gasteiger partial charge in [0.1, 0.15) is 5.56 Å². The predicted octanol–water partition coefficient (Wildman–Crippen LogP) is 2.12. The minimum absolute atomic E-state index is 0.0913. The van der Waals surface area contributed by atoms with Gasteiger partial charge in [0, 0.05) is 38.8 Å². The van der Waals surface area contributed by atoms with Crippen LogP contribution < -0.4 is 10.2 Å². The van der Waals surface area contributed by atoms with E-state index in [1.807, 2.05) is 4.90 Å². The highest BCUT2D eigenvalue weighted by molar-refractivity contribution is 5.98. The number of aromatic nitrogens is 2. The van der Waals surface area contributed by atoms with E-state index in [1.165, 1.54) is 12.1 Å². The average Bonchev–Trinajstić information content (AvgIpc) is 2.78. The maximum absolute atomic E-state index is 12.7. The zero-order valence-electron chi connectivity index (χ0n) is 17.7. The largest absolute Gasteiger partial charge is 0.352 e. The van der Waals surface area contributed by atoms with Crippen molar-refractivity contribution in [3.05, 3.63) is 57.8 Å². The van der Waals surface area contributed by atoms with Crippen LogP contribution >= 0.6 is 0 Å². The third-order valence-electron chi connectivity index (χ3n) is 5.11. The number of nitrogens with one attached hydrogen (secondary N) is 1. The molecule has 10 nitrogen and oxygen atoms in total. The van der Waals surface area contributed by atoms with Crippen LogP contribution in [0, 0.1) is 16.0 Å². The number of para-hydroxylation sites is 1. The van der Waals surface area contributed by atoms with Crippen molar-refractivity contribution >= 4 is 23.3 Å². The highest BCUT2D eigenvalue weighted by Crippen LogP contribution is 2.21. The van der Waals surface area contributed by atoms with Crippen LogP contribution in [0.1, 0.15) is 41.1 Å². The predicted molar refractivity (Wildman–Crippen MR) is 115 cm³/mol. The highest BCUT2D eigenvalue weighted by Gasteiger charge is 2.27. The fraction of sp³-hybridized carbons (Fsp3) is 0.429. The normalized spacial score (nSPS) is 13.9. The molecule has 1 fully saturated rings. The molecule has 0 aliphatic carbocycles.